The molecular formula is C33H32N4O5. The first-order valence-corrected chi connectivity index (χ1v) is 14.5. The molecule has 0 amide bonds. The summed E-state index contributed by atoms with van der Waals surface area (Å²) in [5.41, 5.74) is 3.13. The number of benzene rings is 2. The molecule has 3 aliphatic rings. The van der Waals surface area contributed by atoms with Crippen LogP contribution in [-0.2, 0) is 37.8 Å². The summed E-state index contributed by atoms with van der Waals surface area (Å²) < 4.78 is 13.2. The van der Waals surface area contributed by atoms with Gasteiger partial charge in [0.05, 0.1) is 35.4 Å². The molecule has 4 aromatic rings. The average molecular weight is 565 g/mol. The number of fused-ring (bicyclic) bond motifs is 5. The van der Waals surface area contributed by atoms with E-state index < -0.39 is 17.5 Å². The number of pyridine rings is 2. The summed E-state index contributed by atoms with van der Waals surface area (Å²) in [6, 6.07) is 22.0. The fourth-order valence-corrected chi connectivity index (χ4v) is 6.45. The number of esters is 2. The van der Waals surface area contributed by atoms with Gasteiger partial charge in [0.15, 0.2) is 0 Å². The Labute approximate surface area is 243 Å². The number of hydrogen-bond acceptors (Lipinski definition) is 8. The molecule has 0 spiro atoms. The topological polar surface area (TPSA) is 94.0 Å². The maximum absolute atomic E-state index is 13.7. The molecule has 5 heterocycles. The second-order valence-corrected chi connectivity index (χ2v) is 11.1. The van der Waals surface area contributed by atoms with Gasteiger partial charge in [-0.1, -0.05) is 43.3 Å². The van der Waals surface area contributed by atoms with Gasteiger partial charge >= 0.3 is 11.9 Å². The van der Waals surface area contributed by atoms with Gasteiger partial charge in [-0.25, -0.2) is 9.78 Å². The molecule has 0 N–H and O–H groups in total. The molecule has 2 aromatic heterocycles. The zero-order chi connectivity index (χ0) is 28.8. The molecule has 9 heteroatoms. The van der Waals surface area contributed by atoms with Gasteiger partial charge in [0.25, 0.3) is 5.56 Å². The third-order valence-electron chi connectivity index (χ3n) is 8.80. The summed E-state index contributed by atoms with van der Waals surface area (Å²) in [4.78, 5) is 49.7. The van der Waals surface area contributed by atoms with E-state index in [1.165, 1.54) is 5.69 Å². The predicted octanol–water partition coefficient (Wildman–Crippen LogP) is 3.84. The number of nitrogens with zero attached hydrogens (tertiary/aromatic N) is 4. The Morgan fingerprint density at radius 1 is 1.00 bits per heavy atom. The molecular weight excluding hydrogens is 532 g/mol. The van der Waals surface area contributed by atoms with Gasteiger partial charge in [0.1, 0.15) is 6.61 Å². The van der Waals surface area contributed by atoms with Crippen LogP contribution < -0.4 is 10.5 Å². The largest absolute Gasteiger partial charge is 0.457 e. The molecule has 1 saturated heterocycles. The molecule has 1 atom stereocenters. The van der Waals surface area contributed by atoms with E-state index in [4.69, 9.17) is 14.5 Å². The number of anilines is 1. The lowest BCUT2D eigenvalue weighted by Crippen LogP contribution is -2.49. The second-order valence-electron chi connectivity index (χ2n) is 11.1. The van der Waals surface area contributed by atoms with Crippen molar-refractivity contribution in [3.63, 3.8) is 0 Å². The Kier molecular flexibility index (Phi) is 6.54. The first-order valence-electron chi connectivity index (χ1n) is 14.5. The summed E-state index contributed by atoms with van der Waals surface area (Å²) in [6.07, 6.45) is 0.289. The smallest absolute Gasteiger partial charge is 0.355 e. The SMILES string of the molecule is CCC1(OC(=O)CCN2CCN(c3ccccc3)CC2)C(=O)OCc2c1cc1n(c2=O)Cc2cc3ccccc3nc2-1. The highest BCUT2D eigenvalue weighted by Gasteiger charge is 2.50. The Hall–Kier alpha value is -4.50. The van der Waals surface area contributed by atoms with Crippen molar-refractivity contribution < 1.29 is 19.1 Å². The number of carbonyl (C=O) groups is 2. The minimum Gasteiger partial charge on any atom is -0.457 e. The Balaban J connectivity index is 1.12. The predicted molar refractivity (Wildman–Crippen MR) is 158 cm³/mol. The van der Waals surface area contributed by atoms with Gasteiger partial charge in [-0.05, 0) is 36.8 Å². The summed E-state index contributed by atoms with van der Waals surface area (Å²) in [5.74, 6) is -1.13. The Bertz CT molecular complexity index is 1760. The van der Waals surface area contributed by atoms with Crippen LogP contribution in [0.4, 0.5) is 5.69 Å². The zero-order valence-corrected chi connectivity index (χ0v) is 23.5. The van der Waals surface area contributed by atoms with Crippen LogP contribution in [0.2, 0.25) is 0 Å². The Morgan fingerprint density at radius 3 is 2.55 bits per heavy atom. The third-order valence-corrected chi connectivity index (χ3v) is 8.80. The molecule has 0 bridgehead atoms. The summed E-state index contributed by atoms with van der Waals surface area (Å²) in [7, 11) is 0. The fourth-order valence-electron chi connectivity index (χ4n) is 6.45. The van der Waals surface area contributed by atoms with Crippen LogP contribution in [0.25, 0.3) is 22.3 Å². The van der Waals surface area contributed by atoms with Crippen LogP contribution in [0.1, 0.15) is 36.5 Å². The van der Waals surface area contributed by atoms with Crippen molar-refractivity contribution in [1.29, 1.82) is 0 Å². The minimum absolute atomic E-state index is 0.135. The van der Waals surface area contributed by atoms with Gasteiger partial charge < -0.3 is 18.9 Å². The lowest BCUT2D eigenvalue weighted by Gasteiger charge is -2.37. The first-order chi connectivity index (χ1) is 20.5. The molecule has 214 valence electrons. The van der Waals surface area contributed by atoms with Gasteiger partial charge in [-0.2, -0.15) is 0 Å². The molecule has 2 aromatic carbocycles. The normalized spacial score (nSPS) is 19.6. The van der Waals surface area contributed by atoms with Crippen molar-refractivity contribution in [2.75, 3.05) is 37.6 Å². The van der Waals surface area contributed by atoms with Crippen molar-refractivity contribution in [2.24, 2.45) is 0 Å². The van der Waals surface area contributed by atoms with Crippen LogP contribution in [0.15, 0.2) is 71.5 Å². The monoisotopic (exact) mass is 564 g/mol. The number of cyclic esters (lactones) is 1. The van der Waals surface area contributed by atoms with Crippen molar-refractivity contribution in [1.82, 2.24) is 14.5 Å². The number of carbonyl (C=O) groups excluding carboxylic acids is 2. The van der Waals surface area contributed by atoms with Crippen LogP contribution in [-0.4, -0.2) is 59.1 Å². The quantitative estimate of drug-likeness (QED) is 0.287. The van der Waals surface area contributed by atoms with E-state index >= 15 is 0 Å². The first kappa shape index (κ1) is 26.4. The van der Waals surface area contributed by atoms with Crippen LogP contribution in [0.3, 0.4) is 0 Å². The summed E-state index contributed by atoms with van der Waals surface area (Å²) >= 11 is 0. The molecule has 0 radical (unpaired) electrons. The second kappa shape index (κ2) is 10.4. The molecule has 3 aliphatic heterocycles. The lowest BCUT2D eigenvalue weighted by molar-refractivity contribution is -0.189. The summed E-state index contributed by atoms with van der Waals surface area (Å²) in [5, 5.41) is 0.999. The van der Waals surface area contributed by atoms with E-state index in [9.17, 15) is 14.4 Å². The average Bonchev–Trinajstić information content (AvgIpc) is 3.39. The highest BCUT2D eigenvalue weighted by Crippen LogP contribution is 2.41. The van der Waals surface area contributed by atoms with Crippen LogP contribution in [0.5, 0.6) is 0 Å². The zero-order valence-electron chi connectivity index (χ0n) is 23.5. The number of hydrogen-bond donors (Lipinski definition) is 0. The van der Waals surface area contributed by atoms with E-state index in [1.54, 1.807) is 11.5 Å². The molecule has 9 nitrogen and oxygen atoms in total. The molecule has 7 rings (SSSR count). The lowest BCUT2D eigenvalue weighted by atomic mass is 9.85. The Morgan fingerprint density at radius 2 is 1.76 bits per heavy atom. The number of piperazine rings is 1. The maximum atomic E-state index is 13.7. The third kappa shape index (κ3) is 4.36. The number of para-hydroxylation sites is 2. The molecule has 0 saturated carbocycles. The van der Waals surface area contributed by atoms with Gasteiger partial charge in [-0.15, -0.1) is 0 Å². The summed E-state index contributed by atoms with van der Waals surface area (Å²) in [6.45, 7) is 5.95. The van der Waals surface area contributed by atoms with E-state index in [0.29, 0.717) is 35.6 Å². The number of aromatic nitrogens is 2. The van der Waals surface area contributed by atoms with E-state index in [1.807, 2.05) is 48.5 Å². The number of ether oxygens (including phenoxy) is 2. The van der Waals surface area contributed by atoms with E-state index in [2.05, 4.69) is 28.0 Å². The standard InChI is InChI=1S/C33H32N4O5/c1-2-33(42-29(38)12-13-35-14-16-36(17-15-35)24-9-4-3-5-10-24)26-19-28-30-23(18-22-8-6-7-11-27(22)34-30)20-37(28)31(39)25(26)21-41-32(33)40/h3-11,18-19H,2,12-17,20-21H2,1H3. The van der Waals surface area contributed by atoms with Crippen molar-refractivity contribution in [3.8, 4) is 11.4 Å². The fraction of sp³-hybridized carbons (Fsp3) is 0.333. The van der Waals surface area contributed by atoms with Crippen molar-refractivity contribution in [2.45, 2.75) is 38.5 Å². The van der Waals surface area contributed by atoms with Crippen molar-refractivity contribution in [3.05, 3.63) is 93.8 Å². The van der Waals surface area contributed by atoms with Gasteiger partial charge in [0, 0.05) is 54.9 Å². The highest BCUT2D eigenvalue weighted by atomic mass is 16.6. The molecule has 42 heavy (non-hydrogen) atoms. The minimum atomic E-state index is -1.68. The van der Waals surface area contributed by atoms with Crippen LogP contribution in [0, 0.1) is 0 Å². The van der Waals surface area contributed by atoms with Crippen molar-refractivity contribution >= 4 is 28.5 Å². The van der Waals surface area contributed by atoms with Crippen LogP contribution >= 0.6 is 0 Å². The molecule has 0 aliphatic carbocycles. The molecule has 1 fully saturated rings. The van der Waals surface area contributed by atoms with Gasteiger partial charge in [0.2, 0.25) is 5.60 Å². The molecule has 1 unspecified atom stereocenters. The van der Waals surface area contributed by atoms with E-state index in [0.717, 1.165) is 42.6 Å². The highest BCUT2D eigenvalue weighted by molar-refractivity contribution is 5.88. The maximum Gasteiger partial charge on any atom is 0.355 e. The van der Waals surface area contributed by atoms with E-state index in [-0.39, 0.29) is 25.0 Å². The van der Waals surface area contributed by atoms with Gasteiger partial charge in [-0.3, -0.25) is 14.5 Å². The number of rotatable bonds is 6.